The minimum Gasteiger partial charge on any atom is -0.372 e. The molecule has 4 aliphatic rings. The molecule has 4 heterocycles. The van der Waals surface area contributed by atoms with E-state index in [1.807, 2.05) is 11.8 Å². The monoisotopic (exact) mass is 363 g/mol. The molecule has 2 nitrogen and oxygen atoms in total. The molecule has 2 bridgehead atoms. The molecule has 0 N–H and O–H groups in total. The SMILES string of the molecule is C1=C(c2ccc(COC3CN4CCC3CC4)cc2)c2ccccc2SC1. The smallest absolute Gasteiger partial charge is 0.0735 e. The fourth-order valence-electron chi connectivity index (χ4n) is 4.50. The van der Waals surface area contributed by atoms with Crippen LogP contribution in [0, 0.1) is 5.92 Å². The van der Waals surface area contributed by atoms with Gasteiger partial charge in [-0.2, -0.15) is 0 Å². The van der Waals surface area contributed by atoms with Gasteiger partial charge in [0.05, 0.1) is 12.7 Å². The molecule has 2 aromatic carbocycles. The van der Waals surface area contributed by atoms with Crippen molar-refractivity contribution in [2.75, 3.05) is 25.4 Å². The van der Waals surface area contributed by atoms with Crippen molar-refractivity contribution in [3.63, 3.8) is 0 Å². The highest BCUT2D eigenvalue weighted by atomic mass is 32.2. The van der Waals surface area contributed by atoms with Gasteiger partial charge in [-0.15, -0.1) is 11.8 Å². The summed E-state index contributed by atoms with van der Waals surface area (Å²) < 4.78 is 6.28. The summed E-state index contributed by atoms with van der Waals surface area (Å²) in [6.45, 7) is 4.41. The Morgan fingerprint density at radius 3 is 2.58 bits per heavy atom. The first-order valence-corrected chi connectivity index (χ1v) is 10.7. The lowest BCUT2D eigenvalue weighted by Crippen LogP contribution is -2.51. The molecule has 0 radical (unpaired) electrons. The number of nitrogens with zero attached hydrogens (tertiary/aromatic N) is 1. The van der Waals surface area contributed by atoms with Crippen molar-refractivity contribution >= 4 is 17.3 Å². The van der Waals surface area contributed by atoms with Gasteiger partial charge in [0, 0.05) is 17.2 Å². The topological polar surface area (TPSA) is 12.5 Å². The molecule has 0 aromatic heterocycles. The maximum atomic E-state index is 6.28. The summed E-state index contributed by atoms with van der Waals surface area (Å²) in [5.74, 6) is 1.83. The average Bonchev–Trinajstić information content (AvgIpc) is 2.73. The Morgan fingerprint density at radius 1 is 1.00 bits per heavy atom. The lowest BCUT2D eigenvalue weighted by atomic mass is 9.86. The van der Waals surface area contributed by atoms with Crippen LogP contribution in [0.2, 0.25) is 0 Å². The van der Waals surface area contributed by atoms with Crippen LogP contribution < -0.4 is 0 Å². The number of hydrogen-bond donors (Lipinski definition) is 0. The van der Waals surface area contributed by atoms with E-state index in [1.165, 1.54) is 53.1 Å². The van der Waals surface area contributed by atoms with E-state index in [2.05, 4.69) is 59.5 Å². The average molecular weight is 364 g/mol. The first-order valence-electron chi connectivity index (χ1n) is 9.72. The fraction of sp³-hybridized carbons (Fsp3) is 0.391. The molecule has 1 unspecified atom stereocenters. The Bertz CT molecular complexity index is 805. The second-order valence-electron chi connectivity index (χ2n) is 7.61. The van der Waals surface area contributed by atoms with Crippen molar-refractivity contribution in [2.24, 2.45) is 5.92 Å². The Labute approximate surface area is 160 Å². The van der Waals surface area contributed by atoms with E-state index in [-0.39, 0.29) is 0 Å². The first kappa shape index (κ1) is 16.6. The Balaban J connectivity index is 1.27. The van der Waals surface area contributed by atoms with E-state index >= 15 is 0 Å². The number of rotatable bonds is 4. The molecule has 26 heavy (non-hydrogen) atoms. The van der Waals surface area contributed by atoms with Crippen molar-refractivity contribution in [1.82, 2.24) is 4.90 Å². The summed E-state index contributed by atoms with van der Waals surface area (Å²) in [5, 5.41) is 0. The molecule has 0 spiro atoms. The third-order valence-electron chi connectivity index (χ3n) is 6.03. The van der Waals surface area contributed by atoms with Gasteiger partial charge in [-0.05, 0) is 60.2 Å². The summed E-state index contributed by atoms with van der Waals surface area (Å²) in [7, 11) is 0. The van der Waals surface area contributed by atoms with Crippen LogP contribution in [0.3, 0.4) is 0 Å². The highest BCUT2D eigenvalue weighted by Gasteiger charge is 2.34. The summed E-state index contributed by atoms with van der Waals surface area (Å²) in [6, 6.07) is 17.7. The quantitative estimate of drug-likeness (QED) is 0.772. The predicted molar refractivity (Wildman–Crippen MR) is 108 cm³/mol. The molecule has 134 valence electrons. The van der Waals surface area contributed by atoms with Gasteiger partial charge in [0.15, 0.2) is 0 Å². The van der Waals surface area contributed by atoms with Gasteiger partial charge >= 0.3 is 0 Å². The van der Waals surface area contributed by atoms with Gasteiger partial charge in [0.25, 0.3) is 0 Å². The van der Waals surface area contributed by atoms with Crippen LogP contribution in [-0.4, -0.2) is 36.4 Å². The van der Waals surface area contributed by atoms with Crippen molar-refractivity contribution in [1.29, 1.82) is 0 Å². The maximum absolute atomic E-state index is 6.28. The van der Waals surface area contributed by atoms with E-state index in [4.69, 9.17) is 4.74 Å². The lowest BCUT2D eigenvalue weighted by molar-refractivity contribution is -0.0765. The largest absolute Gasteiger partial charge is 0.372 e. The van der Waals surface area contributed by atoms with Gasteiger partial charge in [-0.25, -0.2) is 0 Å². The van der Waals surface area contributed by atoms with Gasteiger partial charge in [-0.1, -0.05) is 48.5 Å². The van der Waals surface area contributed by atoms with Crippen molar-refractivity contribution in [3.8, 4) is 0 Å². The van der Waals surface area contributed by atoms with Crippen molar-refractivity contribution in [3.05, 3.63) is 71.3 Å². The molecule has 0 saturated carbocycles. The van der Waals surface area contributed by atoms with E-state index < -0.39 is 0 Å². The summed E-state index contributed by atoms with van der Waals surface area (Å²) in [5.41, 5.74) is 5.32. The molecule has 4 aliphatic heterocycles. The molecule has 3 fully saturated rings. The maximum Gasteiger partial charge on any atom is 0.0735 e. The molecule has 1 atom stereocenters. The molecular formula is C23H25NOS. The van der Waals surface area contributed by atoms with Crippen LogP contribution in [-0.2, 0) is 11.3 Å². The number of piperidine rings is 3. The summed E-state index contributed by atoms with van der Waals surface area (Å²) >= 11 is 1.92. The van der Waals surface area contributed by atoms with Gasteiger partial charge in [0.2, 0.25) is 0 Å². The van der Waals surface area contributed by atoms with Crippen LogP contribution in [0.5, 0.6) is 0 Å². The molecular weight excluding hydrogens is 338 g/mol. The van der Waals surface area contributed by atoms with E-state index in [9.17, 15) is 0 Å². The molecule has 0 amide bonds. The van der Waals surface area contributed by atoms with E-state index in [1.54, 1.807) is 0 Å². The number of hydrogen-bond acceptors (Lipinski definition) is 3. The first-order chi connectivity index (χ1) is 12.9. The lowest BCUT2D eigenvalue weighted by Gasteiger charge is -2.44. The van der Waals surface area contributed by atoms with E-state index in [0.29, 0.717) is 6.10 Å². The van der Waals surface area contributed by atoms with Gasteiger partial charge < -0.3 is 9.64 Å². The molecule has 3 heteroatoms. The van der Waals surface area contributed by atoms with E-state index in [0.717, 1.165) is 24.8 Å². The molecule has 3 saturated heterocycles. The molecule has 0 aliphatic carbocycles. The summed E-state index contributed by atoms with van der Waals surface area (Å²) in [6.07, 6.45) is 5.41. The van der Waals surface area contributed by atoms with Gasteiger partial charge in [-0.3, -0.25) is 0 Å². The molecule has 6 rings (SSSR count). The Morgan fingerprint density at radius 2 is 1.81 bits per heavy atom. The third kappa shape index (κ3) is 3.24. The predicted octanol–water partition coefficient (Wildman–Crippen LogP) is 4.83. The van der Waals surface area contributed by atoms with Crippen LogP contribution in [0.4, 0.5) is 0 Å². The van der Waals surface area contributed by atoms with Crippen LogP contribution in [0.1, 0.15) is 29.5 Å². The highest BCUT2D eigenvalue weighted by Crippen LogP contribution is 2.37. The fourth-order valence-corrected chi connectivity index (χ4v) is 5.43. The normalized spacial score (nSPS) is 27.1. The number of thioether (sulfide) groups is 1. The van der Waals surface area contributed by atoms with Crippen LogP contribution >= 0.6 is 11.8 Å². The standard InChI is InChI=1S/C23H25NOS/c1-2-4-23-21(3-1)20(11-14-26-23)18-7-5-17(6-8-18)16-25-22-15-24-12-9-19(22)10-13-24/h1-8,11,19,22H,9-10,12-16H2. The minimum absolute atomic E-state index is 0.433. The zero-order valence-corrected chi connectivity index (χ0v) is 15.9. The van der Waals surface area contributed by atoms with Crippen molar-refractivity contribution < 1.29 is 4.74 Å². The van der Waals surface area contributed by atoms with Gasteiger partial charge in [0.1, 0.15) is 0 Å². The second-order valence-corrected chi connectivity index (χ2v) is 8.67. The Hall–Kier alpha value is -1.55. The molecule has 2 aromatic rings. The second kappa shape index (κ2) is 7.22. The minimum atomic E-state index is 0.433. The van der Waals surface area contributed by atoms with Crippen molar-refractivity contribution in [2.45, 2.75) is 30.4 Å². The summed E-state index contributed by atoms with van der Waals surface area (Å²) in [4.78, 5) is 3.94. The Kier molecular flexibility index (Phi) is 4.61. The zero-order valence-electron chi connectivity index (χ0n) is 15.1. The van der Waals surface area contributed by atoms with Crippen LogP contribution in [0.15, 0.2) is 59.5 Å². The number of fused-ring (bicyclic) bond motifs is 4. The van der Waals surface area contributed by atoms with Crippen LogP contribution in [0.25, 0.3) is 5.57 Å². The number of benzene rings is 2. The number of ether oxygens (including phenoxy) is 1. The third-order valence-corrected chi connectivity index (χ3v) is 7.03. The highest BCUT2D eigenvalue weighted by molar-refractivity contribution is 7.99. The zero-order chi connectivity index (χ0) is 17.3.